The van der Waals surface area contributed by atoms with Crippen molar-refractivity contribution in [2.45, 2.75) is 32.4 Å². The van der Waals surface area contributed by atoms with Crippen LogP contribution in [0.1, 0.15) is 35.9 Å². The minimum Gasteiger partial charge on any atom is -0.337 e. The summed E-state index contributed by atoms with van der Waals surface area (Å²) in [6, 6.07) is 11.6. The molecule has 0 bridgehead atoms. The first-order valence-electron chi connectivity index (χ1n) is 8.44. The van der Waals surface area contributed by atoms with E-state index in [4.69, 9.17) is 4.52 Å². The summed E-state index contributed by atoms with van der Waals surface area (Å²) in [5.74, 6) is 0.621. The van der Waals surface area contributed by atoms with Crippen LogP contribution in [0.5, 0.6) is 0 Å². The van der Waals surface area contributed by atoms with Gasteiger partial charge in [0.2, 0.25) is 11.7 Å². The number of aryl methyl sites for hydroxylation is 1. The standard InChI is InChI=1S/C19H19FN4O/c1-13-4-6-14(7-5-13)12-24-10-2-3-17(24)19-22-18(23-25-19)16-9-8-15(20)11-21-16/h4-9,11,17H,2-3,10,12H2,1H3. The molecule has 1 fully saturated rings. The highest BCUT2D eigenvalue weighted by molar-refractivity contribution is 5.47. The quantitative estimate of drug-likeness (QED) is 0.722. The largest absolute Gasteiger partial charge is 0.337 e. The molecule has 5 nitrogen and oxygen atoms in total. The SMILES string of the molecule is Cc1ccc(CN2CCCC2c2nc(-c3ccc(F)cn3)no2)cc1. The zero-order chi connectivity index (χ0) is 17.2. The molecule has 0 amide bonds. The van der Waals surface area contributed by atoms with Gasteiger partial charge in [0.25, 0.3) is 0 Å². The first-order chi connectivity index (χ1) is 12.2. The van der Waals surface area contributed by atoms with Crippen molar-refractivity contribution in [1.29, 1.82) is 0 Å². The molecule has 4 rings (SSSR count). The van der Waals surface area contributed by atoms with Crippen LogP contribution in [-0.2, 0) is 6.54 Å². The molecule has 0 N–H and O–H groups in total. The maximum Gasteiger partial charge on any atom is 0.244 e. The first kappa shape index (κ1) is 15.9. The van der Waals surface area contributed by atoms with E-state index < -0.39 is 0 Å². The zero-order valence-electron chi connectivity index (χ0n) is 14.0. The molecule has 2 aromatic heterocycles. The summed E-state index contributed by atoms with van der Waals surface area (Å²) in [6.45, 7) is 3.95. The van der Waals surface area contributed by atoms with E-state index in [2.05, 4.69) is 51.2 Å². The molecule has 1 unspecified atom stereocenters. The van der Waals surface area contributed by atoms with E-state index in [-0.39, 0.29) is 11.9 Å². The molecule has 0 radical (unpaired) electrons. The summed E-state index contributed by atoms with van der Waals surface area (Å²) in [6.07, 6.45) is 3.25. The molecule has 1 atom stereocenters. The van der Waals surface area contributed by atoms with Gasteiger partial charge < -0.3 is 4.52 Å². The third-order valence-corrected chi connectivity index (χ3v) is 4.55. The van der Waals surface area contributed by atoms with Crippen molar-refractivity contribution >= 4 is 0 Å². The van der Waals surface area contributed by atoms with Gasteiger partial charge in [0, 0.05) is 6.54 Å². The normalized spacial score (nSPS) is 17.9. The lowest BCUT2D eigenvalue weighted by Crippen LogP contribution is -2.23. The van der Waals surface area contributed by atoms with Crippen LogP contribution in [0.2, 0.25) is 0 Å². The van der Waals surface area contributed by atoms with Gasteiger partial charge in [0.15, 0.2) is 0 Å². The molecular weight excluding hydrogens is 319 g/mol. The third kappa shape index (κ3) is 3.44. The Morgan fingerprint density at radius 1 is 1.20 bits per heavy atom. The van der Waals surface area contributed by atoms with Gasteiger partial charge in [-0.2, -0.15) is 4.98 Å². The van der Waals surface area contributed by atoms with Crippen molar-refractivity contribution in [3.8, 4) is 11.5 Å². The molecule has 25 heavy (non-hydrogen) atoms. The molecular formula is C19H19FN4O. The van der Waals surface area contributed by atoms with Gasteiger partial charge in [-0.1, -0.05) is 35.0 Å². The molecule has 1 saturated heterocycles. The Kier molecular flexibility index (Phi) is 4.28. The molecule has 6 heteroatoms. The van der Waals surface area contributed by atoms with Gasteiger partial charge in [0.1, 0.15) is 11.5 Å². The fourth-order valence-electron chi connectivity index (χ4n) is 3.21. The second-order valence-corrected chi connectivity index (χ2v) is 6.43. The van der Waals surface area contributed by atoms with Crippen LogP contribution in [0, 0.1) is 12.7 Å². The van der Waals surface area contributed by atoms with Crippen molar-refractivity contribution in [3.63, 3.8) is 0 Å². The predicted octanol–water partition coefficient (Wildman–Crippen LogP) is 3.92. The van der Waals surface area contributed by atoms with Gasteiger partial charge in [-0.15, -0.1) is 0 Å². The fourth-order valence-corrected chi connectivity index (χ4v) is 3.21. The number of aromatic nitrogens is 3. The van der Waals surface area contributed by atoms with Crippen molar-refractivity contribution in [2.24, 2.45) is 0 Å². The van der Waals surface area contributed by atoms with E-state index in [1.807, 2.05) is 0 Å². The van der Waals surface area contributed by atoms with Crippen molar-refractivity contribution in [3.05, 3.63) is 65.4 Å². The van der Waals surface area contributed by atoms with Crippen LogP contribution in [0.3, 0.4) is 0 Å². The summed E-state index contributed by atoms with van der Waals surface area (Å²) in [4.78, 5) is 10.9. The number of hydrogen-bond donors (Lipinski definition) is 0. The number of rotatable bonds is 4. The predicted molar refractivity (Wildman–Crippen MR) is 91.1 cm³/mol. The van der Waals surface area contributed by atoms with Gasteiger partial charge in [-0.3, -0.25) is 4.90 Å². The average molecular weight is 338 g/mol. The lowest BCUT2D eigenvalue weighted by atomic mass is 10.1. The van der Waals surface area contributed by atoms with Crippen molar-refractivity contribution in [2.75, 3.05) is 6.54 Å². The highest BCUT2D eigenvalue weighted by Crippen LogP contribution is 2.33. The topological polar surface area (TPSA) is 55.1 Å². The Labute approximate surface area is 145 Å². The third-order valence-electron chi connectivity index (χ3n) is 4.55. The molecule has 1 aliphatic rings. The molecule has 0 aliphatic carbocycles. The van der Waals surface area contributed by atoms with Gasteiger partial charge in [-0.25, -0.2) is 9.37 Å². The minimum absolute atomic E-state index is 0.114. The maximum atomic E-state index is 13.0. The highest BCUT2D eigenvalue weighted by atomic mass is 19.1. The van der Waals surface area contributed by atoms with E-state index in [1.165, 1.54) is 17.2 Å². The summed E-state index contributed by atoms with van der Waals surface area (Å²) >= 11 is 0. The Morgan fingerprint density at radius 2 is 2.04 bits per heavy atom. The average Bonchev–Trinajstić information content (AvgIpc) is 3.27. The Balaban J connectivity index is 1.52. The lowest BCUT2D eigenvalue weighted by molar-refractivity contribution is 0.201. The Hall–Kier alpha value is -2.60. The number of likely N-dealkylation sites (tertiary alicyclic amines) is 1. The number of halogens is 1. The number of hydrogen-bond acceptors (Lipinski definition) is 5. The van der Waals surface area contributed by atoms with E-state index in [0.717, 1.165) is 32.1 Å². The van der Waals surface area contributed by atoms with Crippen molar-refractivity contribution in [1.82, 2.24) is 20.0 Å². The second-order valence-electron chi connectivity index (χ2n) is 6.43. The van der Waals surface area contributed by atoms with Crippen LogP contribution in [0.15, 0.2) is 47.1 Å². The van der Waals surface area contributed by atoms with E-state index in [1.54, 1.807) is 6.07 Å². The van der Waals surface area contributed by atoms with Crippen LogP contribution < -0.4 is 0 Å². The smallest absolute Gasteiger partial charge is 0.244 e. The monoisotopic (exact) mass is 338 g/mol. The highest BCUT2D eigenvalue weighted by Gasteiger charge is 2.30. The van der Waals surface area contributed by atoms with Crippen LogP contribution in [0.4, 0.5) is 4.39 Å². The molecule has 3 aromatic rings. The Morgan fingerprint density at radius 3 is 2.80 bits per heavy atom. The number of pyridine rings is 1. The van der Waals surface area contributed by atoms with Crippen LogP contribution in [-0.4, -0.2) is 26.6 Å². The van der Waals surface area contributed by atoms with Crippen LogP contribution >= 0.6 is 0 Å². The summed E-state index contributed by atoms with van der Waals surface area (Å²) in [5.41, 5.74) is 3.05. The van der Waals surface area contributed by atoms with Crippen LogP contribution in [0.25, 0.3) is 11.5 Å². The molecule has 3 heterocycles. The molecule has 0 spiro atoms. The summed E-state index contributed by atoms with van der Waals surface area (Å²) in [7, 11) is 0. The summed E-state index contributed by atoms with van der Waals surface area (Å²) in [5, 5.41) is 4.02. The van der Waals surface area contributed by atoms with Gasteiger partial charge in [-0.05, 0) is 44.0 Å². The van der Waals surface area contributed by atoms with E-state index in [0.29, 0.717) is 17.4 Å². The molecule has 1 aliphatic heterocycles. The van der Waals surface area contributed by atoms with Gasteiger partial charge in [0.05, 0.1) is 12.2 Å². The first-order valence-corrected chi connectivity index (χ1v) is 8.44. The second kappa shape index (κ2) is 6.72. The summed E-state index contributed by atoms with van der Waals surface area (Å²) < 4.78 is 18.5. The molecule has 128 valence electrons. The number of nitrogens with zero attached hydrogens (tertiary/aromatic N) is 4. The minimum atomic E-state index is -0.382. The van der Waals surface area contributed by atoms with E-state index in [9.17, 15) is 4.39 Å². The lowest BCUT2D eigenvalue weighted by Gasteiger charge is -2.21. The number of benzene rings is 1. The van der Waals surface area contributed by atoms with Gasteiger partial charge >= 0.3 is 0 Å². The maximum absolute atomic E-state index is 13.0. The Bertz CT molecular complexity index is 845. The van der Waals surface area contributed by atoms with E-state index >= 15 is 0 Å². The molecule has 1 aromatic carbocycles. The zero-order valence-corrected chi connectivity index (χ0v) is 14.0. The fraction of sp³-hybridized carbons (Fsp3) is 0.316. The van der Waals surface area contributed by atoms with Crippen molar-refractivity contribution < 1.29 is 8.91 Å². The molecule has 0 saturated carbocycles.